The molecule has 1 atom stereocenters. The van der Waals surface area contributed by atoms with Crippen molar-refractivity contribution in [3.8, 4) is 0 Å². The van der Waals surface area contributed by atoms with Gasteiger partial charge in [0.15, 0.2) is 5.82 Å². The fourth-order valence-corrected chi connectivity index (χ4v) is 3.98. The number of nitrogens with one attached hydrogen (secondary N) is 1. The third-order valence-electron chi connectivity index (χ3n) is 6.06. The minimum absolute atomic E-state index is 0.0212. The van der Waals surface area contributed by atoms with E-state index in [1.165, 1.54) is 0 Å². The van der Waals surface area contributed by atoms with Gasteiger partial charge in [-0.2, -0.15) is 0 Å². The molecule has 3 aromatic rings. The predicted octanol–water partition coefficient (Wildman–Crippen LogP) is 3.16. The minimum atomic E-state index is -0.241. The lowest BCUT2D eigenvalue weighted by molar-refractivity contribution is 0.0999. The van der Waals surface area contributed by atoms with Gasteiger partial charge in [0.2, 0.25) is 0 Å². The number of rotatable bonds is 9. The molecule has 0 saturated heterocycles. The number of aryl methyl sites for hydroxylation is 1. The number of benzene rings is 1. The molecule has 0 aliphatic carbocycles. The Labute approximate surface area is 183 Å². The van der Waals surface area contributed by atoms with Gasteiger partial charge in [0.25, 0.3) is 5.56 Å². The summed E-state index contributed by atoms with van der Waals surface area (Å²) < 4.78 is 1.88. The van der Waals surface area contributed by atoms with Crippen molar-refractivity contribution in [3.05, 3.63) is 51.6 Å². The number of hydrogen-bond acceptors (Lipinski definition) is 6. The first-order chi connectivity index (χ1) is 14.7. The number of aliphatic hydroxyl groups excluding tert-OH is 1. The van der Waals surface area contributed by atoms with E-state index in [2.05, 4.69) is 60.0 Å². The van der Waals surface area contributed by atoms with Crippen molar-refractivity contribution in [1.82, 2.24) is 30.1 Å². The summed E-state index contributed by atoms with van der Waals surface area (Å²) in [5, 5.41) is 23.4. The van der Waals surface area contributed by atoms with Crippen molar-refractivity contribution in [1.29, 1.82) is 0 Å². The second kappa shape index (κ2) is 9.28. The van der Waals surface area contributed by atoms with E-state index in [4.69, 9.17) is 0 Å². The molecule has 0 aliphatic heterocycles. The zero-order valence-electron chi connectivity index (χ0n) is 19.4. The average Bonchev–Trinajstić information content (AvgIpc) is 3.19. The van der Waals surface area contributed by atoms with Gasteiger partial charge in [-0.25, -0.2) is 4.68 Å². The van der Waals surface area contributed by atoms with Crippen LogP contribution in [0.3, 0.4) is 0 Å². The molecule has 0 unspecified atom stereocenters. The van der Waals surface area contributed by atoms with E-state index in [1.807, 2.05) is 35.9 Å². The normalized spacial score (nSPS) is 13.5. The number of fused-ring (bicyclic) bond motifs is 1. The molecule has 0 amide bonds. The van der Waals surface area contributed by atoms with E-state index in [1.54, 1.807) is 0 Å². The maximum atomic E-state index is 12.8. The first-order valence-corrected chi connectivity index (χ1v) is 10.9. The van der Waals surface area contributed by atoms with E-state index in [0.29, 0.717) is 18.7 Å². The lowest BCUT2D eigenvalue weighted by Crippen LogP contribution is -2.39. The number of aliphatic hydroxyl groups is 1. The summed E-state index contributed by atoms with van der Waals surface area (Å²) >= 11 is 0. The van der Waals surface area contributed by atoms with Crippen LogP contribution in [0.15, 0.2) is 29.1 Å². The Balaban J connectivity index is 2.03. The molecular weight excluding hydrogens is 392 g/mol. The molecule has 8 heteroatoms. The third kappa shape index (κ3) is 4.85. The molecule has 8 nitrogen and oxygen atoms in total. The van der Waals surface area contributed by atoms with E-state index in [-0.39, 0.29) is 29.7 Å². The fourth-order valence-electron chi connectivity index (χ4n) is 3.98. The highest BCUT2D eigenvalue weighted by Gasteiger charge is 2.33. The highest BCUT2D eigenvalue weighted by atomic mass is 16.3. The molecular formula is C23H34N6O2. The summed E-state index contributed by atoms with van der Waals surface area (Å²) in [5.74, 6) is 0.925. The molecule has 3 rings (SSSR count). The molecule has 0 radical (unpaired) electrons. The quantitative estimate of drug-likeness (QED) is 0.545. The molecule has 0 saturated carbocycles. The van der Waals surface area contributed by atoms with E-state index >= 15 is 0 Å². The molecule has 2 heterocycles. The highest BCUT2D eigenvalue weighted by Crippen LogP contribution is 2.31. The predicted molar refractivity (Wildman–Crippen MR) is 122 cm³/mol. The van der Waals surface area contributed by atoms with Gasteiger partial charge in [0.1, 0.15) is 0 Å². The standard InChI is InChI=1S/C23H34N6O2/c1-7-23(5,6)29-21(25-26-27-29)20(15(2)3)28(10-11-30)14-18-13-17-9-8-16(4)12-19(17)24-22(18)31/h8-9,12-13,15,20,30H,7,10-11,14H2,1-6H3,(H,24,31)/t20-/m0/s1. The summed E-state index contributed by atoms with van der Waals surface area (Å²) in [4.78, 5) is 17.9. The molecule has 0 spiro atoms. The molecule has 2 aromatic heterocycles. The van der Waals surface area contributed by atoms with Gasteiger partial charge < -0.3 is 10.1 Å². The van der Waals surface area contributed by atoms with Gasteiger partial charge >= 0.3 is 0 Å². The summed E-state index contributed by atoms with van der Waals surface area (Å²) in [7, 11) is 0. The van der Waals surface area contributed by atoms with Crippen LogP contribution in [0.5, 0.6) is 0 Å². The van der Waals surface area contributed by atoms with Crippen LogP contribution < -0.4 is 5.56 Å². The zero-order valence-corrected chi connectivity index (χ0v) is 19.4. The molecule has 0 fully saturated rings. The van der Waals surface area contributed by atoms with Crippen LogP contribution >= 0.6 is 0 Å². The third-order valence-corrected chi connectivity index (χ3v) is 6.06. The number of aromatic nitrogens is 5. The molecule has 0 bridgehead atoms. The van der Waals surface area contributed by atoms with Gasteiger partial charge in [-0.3, -0.25) is 9.69 Å². The van der Waals surface area contributed by atoms with Gasteiger partial charge in [-0.1, -0.05) is 32.9 Å². The monoisotopic (exact) mass is 426 g/mol. The summed E-state index contributed by atoms with van der Waals surface area (Å²) in [6.45, 7) is 13.3. The molecule has 0 aliphatic rings. The Morgan fingerprint density at radius 1 is 1.26 bits per heavy atom. The number of pyridine rings is 1. The van der Waals surface area contributed by atoms with Crippen LogP contribution in [-0.2, 0) is 12.1 Å². The first-order valence-electron chi connectivity index (χ1n) is 10.9. The van der Waals surface area contributed by atoms with Gasteiger partial charge in [0.05, 0.1) is 18.2 Å². The maximum Gasteiger partial charge on any atom is 0.252 e. The fraction of sp³-hybridized carbons (Fsp3) is 0.565. The van der Waals surface area contributed by atoms with Gasteiger partial charge in [0, 0.05) is 24.2 Å². The zero-order chi connectivity index (χ0) is 22.8. The van der Waals surface area contributed by atoms with Gasteiger partial charge in [-0.05, 0) is 66.6 Å². The second-order valence-corrected chi connectivity index (χ2v) is 9.21. The van der Waals surface area contributed by atoms with E-state index in [9.17, 15) is 9.90 Å². The molecule has 1 aromatic carbocycles. The topological polar surface area (TPSA) is 99.9 Å². The van der Waals surface area contributed by atoms with Crippen LogP contribution in [-0.4, -0.2) is 48.3 Å². The largest absolute Gasteiger partial charge is 0.395 e. The number of hydrogen-bond donors (Lipinski definition) is 2. The van der Waals surface area contributed by atoms with E-state index in [0.717, 1.165) is 28.7 Å². The number of tetrazole rings is 1. The average molecular weight is 427 g/mol. The second-order valence-electron chi connectivity index (χ2n) is 9.21. The lowest BCUT2D eigenvalue weighted by Gasteiger charge is -2.35. The van der Waals surface area contributed by atoms with Crippen molar-refractivity contribution in [2.75, 3.05) is 13.2 Å². The van der Waals surface area contributed by atoms with Crippen LogP contribution in [0.4, 0.5) is 0 Å². The van der Waals surface area contributed by atoms with Crippen molar-refractivity contribution < 1.29 is 5.11 Å². The van der Waals surface area contributed by atoms with Crippen molar-refractivity contribution in [2.45, 2.75) is 66.1 Å². The summed E-state index contributed by atoms with van der Waals surface area (Å²) in [6.07, 6.45) is 0.875. The Morgan fingerprint density at radius 2 is 2.00 bits per heavy atom. The lowest BCUT2D eigenvalue weighted by atomic mass is 9.97. The van der Waals surface area contributed by atoms with E-state index < -0.39 is 0 Å². The minimum Gasteiger partial charge on any atom is -0.395 e. The summed E-state index contributed by atoms with van der Waals surface area (Å²) in [5.41, 5.74) is 2.23. The Hall–Kier alpha value is -2.58. The summed E-state index contributed by atoms with van der Waals surface area (Å²) in [6, 6.07) is 7.82. The number of nitrogens with zero attached hydrogens (tertiary/aromatic N) is 5. The maximum absolute atomic E-state index is 12.8. The Morgan fingerprint density at radius 3 is 2.65 bits per heavy atom. The van der Waals surface area contributed by atoms with Crippen LogP contribution in [0.25, 0.3) is 10.9 Å². The Kier molecular flexibility index (Phi) is 6.91. The Bertz CT molecular complexity index is 1090. The first kappa shape index (κ1) is 23.1. The SMILES string of the molecule is CCC(C)(C)n1nnnc1[C@H](C(C)C)N(CCO)Cc1cc2ccc(C)cc2[nH]c1=O. The van der Waals surface area contributed by atoms with Crippen molar-refractivity contribution >= 4 is 10.9 Å². The molecule has 2 N–H and O–H groups in total. The van der Waals surface area contributed by atoms with Crippen molar-refractivity contribution in [3.63, 3.8) is 0 Å². The number of aromatic amines is 1. The number of H-pyrrole nitrogens is 1. The smallest absolute Gasteiger partial charge is 0.252 e. The molecule has 168 valence electrons. The molecule has 31 heavy (non-hydrogen) atoms. The van der Waals surface area contributed by atoms with Crippen LogP contribution in [0, 0.1) is 12.8 Å². The van der Waals surface area contributed by atoms with Crippen molar-refractivity contribution in [2.24, 2.45) is 5.92 Å². The van der Waals surface area contributed by atoms with Gasteiger partial charge in [-0.15, -0.1) is 5.10 Å². The highest BCUT2D eigenvalue weighted by molar-refractivity contribution is 5.79. The van der Waals surface area contributed by atoms with Crippen LogP contribution in [0.2, 0.25) is 0 Å². The van der Waals surface area contributed by atoms with Crippen LogP contribution in [0.1, 0.15) is 64.0 Å².